The lowest BCUT2D eigenvalue weighted by Crippen LogP contribution is -1.94. The van der Waals surface area contributed by atoms with Crippen LogP contribution >= 0.6 is 0 Å². The van der Waals surface area contributed by atoms with Gasteiger partial charge in [0.2, 0.25) is 0 Å². The van der Waals surface area contributed by atoms with Gasteiger partial charge in [-0.1, -0.05) is 54.6 Å². The first kappa shape index (κ1) is 12.5. The lowest BCUT2D eigenvalue weighted by atomic mass is 10.0. The molecule has 0 aliphatic rings. The van der Waals surface area contributed by atoms with Gasteiger partial charge in [-0.05, 0) is 25.0 Å². The van der Waals surface area contributed by atoms with Crippen LogP contribution in [-0.4, -0.2) is 9.97 Å². The first-order chi connectivity index (χ1) is 9.74. The third-order valence-electron chi connectivity index (χ3n) is 3.33. The van der Waals surface area contributed by atoms with Crippen molar-refractivity contribution in [1.29, 1.82) is 0 Å². The summed E-state index contributed by atoms with van der Waals surface area (Å²) in [6, 6.07) is 18.8. The van der Waals surface area contributed by atoms with Crippen LogP contribution in [0, 0.1) is 13.8 Å². The second kappa shape index (κ2) is 5.25. The zero-order valence-electron chi connectivity index (χ0n) is 11.7. The molecule has 0 spiro atoms. The summed E-state index contributed by atoms with van der Waals surface area (Å²) in [5.74, 6) is 0. The van der Waals surface area contributed by atoms with Crippen LogP contribution in [0.15, 0.2) is 60.8 Å². The summed E-state index contributed by atoms with van der Waals surface area (Å²) >= 11 is 0. The molecule has 0 atom stereocenters. The van der Waals surface area contributed by atoms with Crippen molar-refractivity contribution in [2.45, 2.75) is 13.8 Å². The Balaban J connectivity index is 1.97. The van der Waals surface area contributed by atoms with Crippen molar-refractivity contribution >= 4 is 0 Å². The number of aryl methyl sites for hydroxylation is 2. The first-order valence-corrected chi connectivity index (χ1v) is 6.70. The number of hydrogen-bond donors (Lipinski definition) is 0. The van der Waals surface area contributed by atoms with Crippen LogP contribution in [0.5, 0.6) is 0 Å². The van der Waals surface area contributed by atoms with Gasteiger partial charge in [-0.3, -0.25) is 9.97 Å². The van der Waals surface area contributed by atoms with Crippen LogP contribution in [0.1, 0.15) is 11.4 Å². The van der Waals surface area contributed by atoms with Crippen LogP contribution in [0.3, 0.4) is 0 Å². The van der Waals surface area contributed by atoms with E-state index in [0.29, 0.717) is 0 Å². The standard InChI is InChI=1S/C18H16N2/c1-13-12-19-18(14(2)20-13)17-10-8-16(9-11-17)15-6-4-3-5-7-15/h3-12H,1-2H3. The number of aromatic nitrogens is 2. The Labute approximate surface area is 119 Å². The van der Waals surface area contributed by atoms with Gasteiger partial charge >= 0.3 is 0 Å². The average molecular weight is 260 g/mol. The SMILES string of the molecule is Cc1cnc(-c2ccc(-c3ccccc3)cc2)c(C)n1. The third kappa shape index (κ3) is 2.45. The molecular weight excluding hydrogens is 244 g/mol. The van der Waals surface area contributed by atoms with Gasteiger partial charge in [0.1, 0.15) is 0 Å². The van der Waals surface area contributed by atoms with Gasteiger partial charge in [-0.2, -0.15) is 0 Å². The molecule has 1 aromatic heterocycles. The fourth-order valence-corrected chi connectivity index (χ4v) is 2.33. The molecule has 2 nitrogen and oxygen atoms in total. The molecule has 0 aliphatic heterocycles. The van der Waals surface area contributed by atoms with Crippen LogP contribution < -0.4 is 0 Å². The molecule has 2 heteroatoms. The zero-order chi connectivity index (χ0) is 13.9. The predicted octanol–water partition coefficient (Wildman–Crippen LogP) is 4.43. The Morgan fingerprint density at radius 1 is 0.700 bits per heavy atom. The van der Waals surface area contributed by atoms with E-state index in [1.54, 1.807) is 0 Å². The second-order valence-electron chi connectivity index (χ2n) is 4.89. The average Bonchev–Trinajstić information content (AvgIpc) is 2.48. The summed E-state index contributed by atoms with van der Waals surface area (Å²) < 4.78 is 0. The quantitative estimate of drug-likeness (QED) is 0.681. The summed E-state index contributed by atoms with van der Waals surface area (Å²) in [4.78, 5) is 8.96. The molecule has 0 unspecified atom stereocenters. The number of rotatable bonds is 2. The van der Waals surface area contributed by atoms with Crippen molar-refractivity contribution in [2.24, 2.45) is 0 Å². The monoisotopic (exact) mass is 260 g/mol. The molecule has 3 rings (SSSR count). The number of nitrogens with zero attached hydrogens (tertiary/aromatic N) is 2. The van der Waals surface area contributed by atoms with E-state index in [-0.39, 0.29) is 0 Å². The molecule has 0 saturated heterocycles. The smallest absolute Gasteiger partial charge is 0.0914 e. The Morgan fingerprint density at radius 3 is 1.95 bits per heavy atom. The maximum atomic E-state index is 4.49. The van der Waals surface area contributed by atoms with E-state index in [0.717, 1.165) is 22.6 Å². The van der Waals surface area contributed by atoms with E-state index < -0.39 is 0 Å². The zero-order valence-corrected chi connectivity index (χ0v) is 11.7. The van der Waals surface area contributed by atoms with Crippen molar-refractivity contribution in [3.63, 3.8) is 0 Å². The van der Waals surface area contributed by atoms with Gasteiger partial charge in [0.05, 0.1) is 17.1 Å². The summed E-state index contributed by atoms with van der Waals surface area (Å²) in [6.07, 6.45) is 1.81. The largest absolute Gasteiger partial charge is 0.255 e. The lowest BCUT2D eigenvalue weighted by molar-refractivity contribution is 1.06. The molecule has 0 fully saturated rings. The molecule has 98 valence electrons. The molecule has 0 aliphatic carbocycles. The lowest BCUT2D eigenvalue weighted by Gasteiger charge is -2.07. The van der Waals surface area contributed by atoms with Crippen molar-refractivity contribution in [1.82, 2.24) is 9.97 Å². The van der Waals surface area contributed by atoms with Crippen LogP contribution in [-0.2, 0) is 0 Å². The molecule has 20 heavy (non-hydrogen) atoms. The molecule has 0 bridgehead atoms. The van der Waals surface area contributed by atoms with E-state index in [9.17, 15) is 0 Å². The van der Waals surface area contributed by atoms with Gasteiger partial charge in [0.25, 0.3) is 0 Å². The normalized spacial score (nSPS) is 10.5. The molecule has 1 heterocycles. The Hall–Kier alpha value is -2.48. The highest BCUT2D eigenvalue weighted by Gasteiger charge is 2.05. The highest BCUT2D eigenvalue weighted by molar-refractivity contribution is 5.69. The number of hydrogen-bond acceptors (Lipinski definition) is 2. The number of benzene rings is 2. The molecule has 0 radical (unpaired) electrons. The van der Waals surface area contributed by atoms with E-state index in [1.165, 1.54) is 11.1 Å². The van der Waals surface area contributed by atoms with Crippen LogP contribution in [0.4, 0.5) is 0 Å². The highest BCUT2D eigenvalue weighted by Crippen LogP contribution is 2.24. The topological polar surface area (TPSA) is 25.8 Å². The minimum absolute atomic E-state index is 0.951. The van der Waals surface area contributed by atoms with E-state index in [1.807, 2.05) is 26.1 Å². The summed E-state index contributed by atoms with van der Waals surface area (Å²) in [7, 11) is 0. The second-order valence-corrected chi connectivity index (χ2v) is 4.89. The minimum atomic E-state index is 0.951. The minimum Gasteiger partial charge on any atom is -0.255 e. The van der Waals surface area contributed by atoms with Crippen molar-refractivity contribution in [3.05, 3.63) is 72.2 Å². The Bertz CT molecular complexity index is 716. The Morgan fingerprint density at radius 2 is 1.30 bits per heavy atom. The van der Waals surface area contributed by atoms with Gasteiger partial charge in [0, 0.05) is 11.8 Å². The maximum Gasteiger partial charge on any atom is 0.0914 e. The van der Waals surface area contributed by atoms with E-state index in [4.69, 9.17) is 0 Å². The van der Waals surface area contributed by atoms with Crippen LogP contribution in [0.25, 0.3) is 22.4 Å². The van der Waals surface area contributed by atoms with Crippen LogP contribution in [0.2, 0.25) is 0 Å². The molecule has 3 aromatic rings. The van der Waals surface area contributed by atoms with Gasteiger partial charge in [0.15, 0.2) is 0 Å². The van der Waals surface area contributed by atoms with Gasteiger partial charge < -0.3 is 0 Å². The van der Waals surface area contributed by atoms with Crippen molar-refractivity contribution in [2.75, 3.05) is 0 Å². The third-order valence-corrected chi connectivity index (χ3v) is 3.33. The van der Waals surface area contributed by atoms with Gasteiger partial charge in [-0.25, -0.2) is 0 Å². The fourth-order valence-electron chi connectivity index (χ4n) is 2.33. The first-order valence-electron chi connectivity index (χ1n) is 6.70. The Kier molecular flexibility index (Phi) is 3.30. The van der Waals surface area contributed by atoms with E-state index in [2.05, 4.69) is 58.5 Å². The summed E-state index contributed by atoms with van der Waals surface area (Å²) in [5.41, 5.74) is 6.42. The highest BCUT2D eigenvalue weighted by atomic mass is 14.8. The molecule has 0 N–H and O–H groups in total. The summed E-state index contributed by atoms with van der Waals surface area (Å²) in [6.45, 7) is 3.96. The fraction of sp³-hybridized carbons (Fsp3) is 0.111. The molecular formula is C18H16N2. The molecule has 2 aromatic carbocycles. The maximum absolute atomic E-state index is 4.49. The van der Waals surface area contributed by atoms with E-state index >= 15 is 0 Å². The van der Waals surface area contributed by atoms with Gasteiger partial charge in [-0.15, -0.1) is 0 Å². The molecule has 0 saturated carbocycles. The summed E-state index contributed by atoms with van der Waals surface area (Å²) in [5, 5.41) is 0. The van der Waals surface area contributed by atoms with Crippen molar-refractivity contribution in [3.8, 4) is 22.4 Å². The van der Waals surface area contributed by atoms with Crippen molar-refractivity contribution < 1.29 is 0 Å². The predicted molar refractivity (Wildman–Crippen MR) is 82.4 cm³/mol. The molecule has 0 amide bonds.